The molecule has 3 rings (SSSR count). The zero-order valence-corrected chi connectivity index (χ0v) is 15.6. The average Bonchev–Trinajstić information content (AvgIpc) is 3.06. The maximum atomic E-state index is 12.3. The summed E-state index contributed by atoms with van der Waals surface area (Å²) in [5.74, 6) is 1.41. The van der Waals surface area contributed by atoms with Gasteiger partial charge in [0.1, 0.15) is 5.76 Å². The lowest BCUT2D eigenvalue weighted by molar-refractivity contribution is 0.0898. The number of carbonyl (C=O) groups excluding carboxylic acids is 1. The molecule has 0 spiro atoms. The van der Waals surface area contributed by atoms with Crippen molar-refractivity contribution in [3.63, 3.8) is 0 Å². The maximum Gasteiger partial charge on any atom is 0.287 e. The lowest BCUT2D eigenvalue weighted by Gasteiger charge is -2.22. The molecule has 1 heterocycles. The molecule has 2 aromatic rings. The van der Waals surface area contributed by atoms with E-state index in [1.165, 1.54) is 6.42 Å². The molecule has 1 atom stereocenters. The second-order valence-corrected chi connectivity index (χ2v) is 8.32. The highest BCUT2D eigenvalue weighted by Crippen LogP contribution is 2.19. The average molecular weight is 380 g/mol. The fourth-order valence-corrected chi connectivity index (χ4v) is 4.32. The summed E-state index contributed by atoms with van der Waals surface area (Å²) in [4.78, 5) is 12.2. The largest absolute Gasteiger partial charge is 0.455 e. The van der Waals surface area contributed by atoms with E-state index in [4.69, 9.17) is 16.0 Å². The minimum absolute atomic E-state index is 0.179. The highest BCUT2D eigenvalue weighted by molar-refractivity contribution is 7.83. The molecule has 0 saturated heterocycles. The number of furan rings is 1. The van der Waals surface area contributed by atoms with Crippen molar-refractivity contribution >= 4 is 28.3 Å². The number of nitrogens with one attached hydrogen (secondary N) is 1. The van der Waals surface area contributed by atoms with E-state index in [1.807, 2.05) is 12.1 Å². The fourth-order valence-electron chi connectivity index (χ4n) is 3.06. The molecule has 4 nitrogen and oxygen atoms in total. The Balaban J connectivity index is 1.52. The van der Waals surface area contributed by atoms with E-state index < -0.39 is 10.8 Å². The van der Waals surface area contributed by atoms with Crippen LogP contribution in [0.1, 0.15) is 54.0 Å². The second kappa shape index (κ2) is 8.68. The quantitative estimate of drug-likeness (QED) is 0.806. The van der Waals surface area contributed by atoms with Crippen LogP contribution in [0.25, 0.3) is 0 Å². The summed E-state index contributed by atoms with van der Waals surface area (Å²) in [5, 5.41) is 3.69. The molecule has 1 fully saturated rings. The monoisotopic (exact) mass is 379 g/mol. The number of hydrogen-bond donors (Lipinski definition) is 1. The summed E-state index contributed by atoms with van der Waals surface area (Å²) in [7, 11) is -1.10. The summed E-state index contributed by atoms with van der Waals surface area (Å²) in [6.45, 7) is 0. The third kappa shape index (κ3) is 5.44. The van der Waals surface area contributed by atoms with Crippen LogP contribution in [-0.4, -0.2) is 16.2 Å². The Morgan fingerprint density at radius 1 is 1.08 bits per heavy atom. The minimum Gasteiger partial charge on any atom is -0.455 e. The molecule has 134 valence electrons. The number of amides is 1. The van der Waals surface area contributed by atoms with Crippen molar-refractivity contribution in [3.8, 4) is 0 Å². The highest BCUT2D eigenvalue weighted by Gasteiger charge is 2.19. The molecule has 1 amide bonds. The van der Waals surface area contributed by atoms with E-state index in [0.29, 0.717) is 28.0 Å². The van der Waals surface area contributed by atoms with Crippen LogP contribution in [0, 0.1) is 0 Å². The predicted molar refractivity (Wildman–Crippen MR) is 100 cm³/mol. The molecule has 0 bridgehead atoms. The number of carbonyl (C=O) groups is 1. The standard InChI is InChI=1S/C19H22ClNO3S/c20-15-8-6-14(7-9-15)12-25(23)13-17-10-11-18(24-17)19(22)21-16-4-2-1-3-5-16/h6-11,16H,1-5,12-13H2,(H,21,22)/t25-/m1/s1. The van der Waals surface area contributed by atoms with Gasteiger partial charge in [-0.25, -0.2) is 0 Å². The second-order valence-electron chi connectivity index (χ2n) is 6.43. The van der Waals surface area contributed by atoms with Crippen molar-refractivity contribution in [2.45, 2.75) is 49.7 Å². The predicted octanol–water partition coefficient (Wildman–Crippen LogP) is 4.44. The third-order valence-electron chi connectivity index (χ3n) is 4.37. The summed E-state index contributed by atoms with van der Waals surface area (Å²) < 4.78 is 17.9. The van der Waals surface area contributed by atoms with Crippen LogP contribution in [0.2, 0.25) is 5.02 Å². The smallest absolute Gasteiger partial charge is 0.287 e. The van der Waals surface area contributed by atoms with Gasteiger partial charge in [-0.05, 0) is 42.7 Å². The van der Waals surface area contributed by atoms with Gasteiger partial charge in [-0.3, -0.25) is 9.00 Å². The van der Waals surface area contributed by atoms with Crippen LogP contribution in [0.4, 0.5) is 0 Å². The lowest BCUT2D eigenvalue weighted by Crippen LogP contribution is -2.35. The summed E-state index contributed by atoms with van der Waals surface area (Å²) in [6.07, 6.45) is 5.64. The maximum absolute atomic E-state index is 12.3. The van der Waals surface area contributed by atoms with Crippen LogP contribution in [0.3, 0.4) is 0 Å². The van der Waals surface area contributed by atoms with E-state index in [0.717, 1.165) is 31.2 Å². The van der Waals surface area contributed by atoms with Gasteiger partial charge in [-0.2, -0.15) is 0 Å². The summed E-state index contributed by atoms with van der Waals surface area (Å²) in [5.41, 5.74) is 0.963. The molecule has 1 aromatic heterocycles. The van der Waals surface area contributed by atoms with Crippen molar-refractivity contribution < 1.29 is 13.4 Å². The Morgan fingerprint density at radius 2 is 1.80 bits per heavy atom. The number of halogens is 1. The Labute approximate surface area is 155 Å². The molecular formula is C19H22ClNO3S. The van der Waals surface area contributed by atoms with Gasteiger partial charge in [0, 0.05) is 27.6 Å². The molecule has 1 aromatic carbocycles. The van der Waals surface area contributed by atoms with Crippen LogP contribution in [0.5, 0.6) is 0 Å². The molecule has 1 aliphatic carbocycles. The topological polar surface area (TPSA) is 59.3 Å². The van der Waals surface area contributed by atoms with Gasteiger partial charge < -0.3 is 9.73 Å². The van der Waals surface area contributed by atoms with Crippen LogP contribution in [-0.2, 0) is 22.3 Å². The summed E-state index contributed by atoms with van der Waals surface area (Å²) >= 11 is 5.85. The molecule has 1 aliphatic rings. The molecule has 0 aliphatic heterocycles. The van der Waals surface area contributed by atoms with Crippen LogP contribution >= 0.6 is 11.6 Å². The fraction of sp³-hybridized carbons (Fsp3) is 0.421. The highest BCUT2D eigenvalue weighted by atomic mass is 35.5. The first kappa shape index (κ1) is 18.2. The van der Waals surface area contributed by atoms with Gasteiger partial charge in [0.25, 0.3) is 5.91 Å². The molecule has 0 radical (unpaired) electrons. The van der Waals surface area contributed by atoms with Crippen molar-refractivity contribution in [1.29, 1.82) is 0 Å². The van der Waals surface area contributed by atoms with Crippen molar-refractivity contribution in [2.24, 2.45) is 0 Å². The van der Waals surface area contributed by atoms with Gasteiger partial charge in [0.05, 0.1) is 5.75 Å². The first-order valence-electron chi connectivity index (χ1n) is 8.59. The molecule has 6 heteroatoms. The van der Waals surface area contributed by atoms with Gasteiger partial charge in [0.15, 0.2) is 5.76 Å². The number of hydrogen-bond acceptors (Lipinski definition) is 3. The van der Waals surface area contributed by atoms with E-state index in [-0.39, 0.29) is 11.9 Å². The van der Waals surface area contributed by atoms with Gasteiger partial charge >= 0.3 is 0 Å². The number of rotatable bonds is 6. The molecule has 0 unspecified atom stereocenters. The number of benzene rings is 1. The Morgan fingerprint density at radius 3 is 2.52 bits per heavy atom. The van der Waals surface area contributed by atoms with Gasteiger partial charge in [-0.15, -0.1) is 0 Å². The summed E-state index contributed by atoms with van der Waals surface area (Å²) in [6, 6.07) is 10.9. The van der Waals surface area contributed by atoms with Gasteiger partial charge in [-0.1, -0.05) is 43.0 Å². The normalized spacial score (nSPS) is 16.5. The zero-order chi connectivity index (χ0) is 17.6. The SMILES string of the molecule is O=C(NC1CCCCC1)c1ccc(C[S@](=O)Cc2ccc(Cl)cc2)o1. The zero-order valence-electron chi connectivity index (χ0n) is 14.0. The molecule has 1 N–H and O–H groups in total. The van der Waals surface area contributed by atoms with E-state index in [1.54, 1.807) is 24.3 Å². The molecule has 1 saturated carbocycles. The van der Waals surface area contributed by atoms with Crippen molar-refractivity contribution in [2.75, 3.05) is 0 Å². The Bertz CT molecular complexity index is 735. The van der Waals surface area contributed by atoms with Crippen molar-refractivity contribution in [3.05, 3.63) is 58.5 Å². The van der Waals surface area contributed by atoms with E-state index in [2.05, 4.69) is 5.32 Å². The van der Waals surface area contributed by atoms with Crippen LogP contribution < -0.4 is 5.32 Å². The Kier molecular flexibility index (Phi) is 6.32. The molecular weight excluding hydrogens is 358 g/mol. The first-order valence-corrected chi connectivity index (χ1v) is 10.5. The van der Waals surface area contributed by atoms with Crippen LogP contribution in [0.15, 0.2) is 40.8 Å². The third-order valence-corrected chi connectivity index (χ3v) is 5.88. The minimum atomic E-state index is -1.10. The lowest BCUT2D eigenvalue weighted by atomic mass is 9.95. The molecule has 25 heavy (non-hydrogen) atoms. The van der Waals surface area contributed by atoms with Crippen molar-refractivity contribution in [1.82, 2.24) is 5.32 Å². The van der Waals surface area contributed by atoms with E-state index >= 15 is 0 Å². The first-order chi connectivity index (χ1) is 12.1. The Hall–Kier alpha value is -1.59. The van der Waals surface area contributed by atoms with Gasteiger partial charge in [0.2, 0.25) is 0 Å². The van der Waals surface area contributed by atoms with E-state index in [9.17, 15) is 9.00 Å².